The van der Waals surface area contributed by atoms with Gasteiger partial charge in [0.15, 0.2) is 4.96 Å². The minimum Gasteiger partial charge on any atom is -0.456 e. The Morgan fingerprint density at radius 2 is 2.13 bits per heavy atom. The molecule has 0 amide bonds. The molecule has 0 radical (unpaired) electrons. The summed E-state index contributed by atoms with van der Waals surface area (Å²) in [5.74, 6) is -0.909. The first-order valence-electron chi connectivity index (χ1n) is 6.68. The summed E-state index contributed by atoms with van der Waals surface area (Å²) in [6.07, 6.45) is 4.40. The molecule has 0 spiro atoms. The van der Waals surface area contributed by atoms with Gasteiger partial charge in [-0.05, 0) is 23.8 Å². The van der Waals surface area contributed by atoms with Crippen molar-refractivity contribution in [3.05, 3.63) is 75.4 Å². The van der Waals surface area contributed by atoms with E-state index < -0.39 is 5.97 Å². The Morgan fingerprint density at radius 3 is 2.91 bits per heavy atom. The number of hydrogen-bond donors (Lipinski definition) is 0. The van der Waals surface area contributed by atoms with E-state index in [1.165, 1.54) is 46.1 Å². The fraction of sp³-hybridized carbons (Fsp3) is 0.0625. The van der Waals surface area contributed by atoms with Crippen LogP contribution in [0.5, 0.6) is 0 Å². The second kappa shape index (κ2) is 6.53. The number of nitrogens with zero attached hydrogens (tertiary/aromatic N) is 2. The smallest absolute Gasteiger partial charge is 0.331 e. The van der Waals surface area contributed by atoms with Gasteiger partial charge in [-0.1, -0.05) is 12.1 Å². The summed E-state index contributed by atoms with van der Waals surface area (Å²) >= 11 is 1.33. The lowest BCUT2D eigenvalue weighted by molar-refractivity contribution is -0.139. The number of halogens is 1. The lowest BCUT2D eigenvalue weighted by Gasteiger charge is -2.01. The molecule has 1 aromatic carbocycles. The van der Waals surface area contributed by atoms with Crippen LogP contribution in [0, 0.1) is 5.82 Å². The highest BCUT2D eigenvalue weighted by Crippen LogP contribution is 2.08. The molecule has 0 aliphatic rings. The average Bonchev–Trinajstić information content (AvgIpc) is 3.01. The maximum Gasteiger partial charge on any atom is 0.331 e. The number of thiazole rings is 1. The van der Waals surface area contributed by atoms with Crippen molar-refractivity contribution in [1.29, 1.82) is 0 Å². The quantitative estimate of drug-likeness (QED) is 0.545. The van der Waals surface area contributed by atoms with Crippen molar-refractivity contribution < 1.29 is 13.9 Å². The normalized spacial score (nSPS) is 11.2. The summed E-state index contributed by atoms with van der Waals surface area (Å²) < 4.78 is 19.2. The topological polar surface area (TPSA) is 60.7 Å². The molecule has 0 aliphatic carbocycles. The molecule has 7 heteroatoms. The second-order valence-electron chi connectivity index (χ2n) is 4.63. The molecule has 0 N–H and O–H groups in total. The molecule has 0 bridgehead atoms. The van der Waals surface area contributed by atoms with E-state index in [2.05, 4.69) is 4.98 Å². The third-order valence-electron chi connectivity index (χ3n) is 3.00. The molecule has 0 atom stereocenters. The molecule has 3 rings (SSSR count). The highest BCUT2D eigenvalue weighted by molar-refractivity contribution is 7.15. The van der Waals surface area contributed by atoms with E-state index in [1.54, 1.807) is 23.7 Å². The maximum atomic E-state index is 12.8. The molecule has 0 fully saturated rings. The highest BCUT2D eigenvalue weighted by Gasteiger charge is 2.05. The van der Waals surface area contributed by atoms with E-state index >= 15 is 0 Å². The summed E-state index contributed by atoms with van der Waals surface area (Å²) in [5, 5.41) is 1.75. The Labute approximate surface area is 134 Å². The monoisotopic (exact) mass is 330 g/mol. The number of rotatable bonds is 4. The van der Waals surface area contributed by atoms with Crippen molar-refractivity contribution in [2.75, 3.05) is 0 Å². The predicted molar refractivity (Wildman–Crippen MR) is 84.6 cm³/mol. The summed E-state index contributed by atoms with van der Waals surface area (Å²) in [5.41, 5.74) is 0.852. The van der Waals surface area contributed by atoms with Crippen LogP contribution < -0.4 is 5.56 Å². The zero-order valence-corrected chi connectivity index (χ0v) is 12.6. The van der Waals surface area contributed by atoms with Crippen LogP contribution in [0.2, 0.25) is 0 Å². The van der Waals surface area contributed by atoms with Crippen molar-refractivity contribution >= 4 is 28.3 Å². The number of benzene rings is 1. The van der Waals surface area contributed by atoms with Gasteiger partial charge in [0.05, 0.1) is 5.69 Å². The second-order valence-corrected chi connectivity index (χ2v) is 5.51. The minimum atomic E-state index is -0.567. The van der Waals surface area contributed by atoms with Crippen molar-refractivity contribution in [3.63, 3.8) is 0 Å². The fourth-order valence-electron chi connectivity index (χ4n) is 1.89. The Kier molecular flexibility index (Phi) is 4.29. The minimum absolute atomic E-state index is 0.0871. The lowest BCUT2D eigenvalue weighted by Crippen LogP contribution is -2.14. The molecule has 0 aliphatic heterocycles. The van der Waals surface area contributed by atoms with E-state index in [-0.39, 0.29) is 18.0 Å². The number of aromatic nitrogens is 2. The number of fused-ring (bicyclic) bond motifs is 1. The van der Waals surface area contributed by atoms with Crippen LogP contribution in [0.25, 0.3) is 11.0 Å². The molecular formula is C16H11FN2O3S. The van der Waals surface area contributed by atoms with E-state index in [4.69, 9.17) is 4.74 Å². The third kappa shape index (κ3) is 3.70. The van der Waals surface area contributed by atoms with E-state index in [0.29, 0.717) is 16.2 Å². The molecule has 5 nitrogen and oxygen atoms in total. The van der Waals surface area contributed by atoms with Crippen LogP contribution in [0.1, 0.15) is 11.3 Å². The molecule has 2 heterocycles. The van der Waals surface area contributed by atoms with Gasteiger partial charge in [-0.15, -0.1) is 11.3 Å². The van der Waals surface area contributed by atoms with Gasteiger partial charge in [0, 0.05) is 23.7 Å². The van der Waals surface area contributed by atoms with Crippen LogP contribution >= 0.6 is 11.3 Å². The molecule has 23 heavy (non-hydrogen) atoms. The largest absolute Gasteiger partial charge is 0.456 e. The number of esters is 1. The molecular weight excluding hydrogens is 319 g/mol. The molecule has 3 aromatic rings. The molecule has 0 saturated heterocycles. The average molecular weight is 330 g/mol. The third-order valence-corrected chi connectivity index (χ3v) is 3.76. The van der Waals surface area contributed by atoms with Crippen LogP contribution in [-0.4, -0.2) is 15.4 Å². The first-order chi connectivity index (χ1) is 11.1. The van der Waals surface area contributed by atoms with Gasteiger partial charge < -0.3 is 4.74 Å². The zero-order chi connectivity index (χ0) is 16.2. The van der Waals surface area contributed by atoms with Crippen LogP contribution in [-0.2, 0) is 16.1 Å². The standard InChI is InChI=1S/C16H11FN2O3S/c17-12-4-1-11(2-5-12)3-6-15(21)22-10-13-9-14(20)19-7-8-23-16(19)18-13/h1-9H,10H2. The van der Waals surface area contributed by atoms with Gasteiger partial charge in [-0.3, -0.25) is 9.20 Å². The van der Waals surface area contributed by atoms with Crippen molar-refractivity contribution in [3.8, 4) is 0 Å². The van der Waals surface area contributed by atoms with Gasteiger partial charge >= 0.3 is 5.97 Å². The summed E-state index contributed by atoms with van der Waals surface area (Å²) in [6.45, 7) is -0.0871. The number of ether oxygens (including phenoxy) is 1. The number of carbonyl (C=O) groups is 1. The van der Waals surface area contributed by atoms with Crippen molar-refractivity contribution in [1.82, 2.24) is 9.38 Å². The van der Waals surface area contributed by atoms with Crippen LogP contribution in [0.15, 0.2) is 52.8 Å². The van der Waals surface area contributed by atoms with Crippen LogP contribution in [0.4, 0.5) is 4.39 Å². The molecule has 0 saturated carbocycles. The summed E-state index contributed by atoms with van der Waals surface area (Å²) in [4.78, 5) is 28.2. The Morgan fingerprint density at radius 1 is 1.35 bits per heavy atom. The summed E-state index contributed by atoms with van der Waals surface area (Å²) in [7, 11) is 0. The maximum absolute atomic E-state index is 12.8. The van der Waals surface area contributed by atoms with Gasteiger partial charge in [0.25, 0.3) is 5.56 Å². The molecule has 2 aromatic heterocycles. The van der Waals surface area contributed by atoms with Crippen molar-refractivity contribution in [2.45, 2.75) is 6.61 Å². The van der Waals surface area contributed by atoms with E-state index in [0.717, 1.165) is 0 Å². The zero-order valence-electron chi connectivity index (χ0n) is 11.8. The number of carbonyl (C=O) groups excluding carboxylic acids is 1. The summed E-state index contributed by atoms with van der Waals surface area (Å²) in [6, 6.07) is 7.03. The first-order valence-corrected chi connectivity index (χ1v) is 7.56. The molecule has 0 unspecified atom stereocenters. The van der Waals surface area contributed by atoms with Gasteiger partial charge in [-0.25, -0.2) is 14.2 Å². The highest BCUT2D eigenvalue weighted by atomic mass is 32.1. The van der Waals surface area contributed by atoms with E-state index in [1.807, 2.05) is 0 Å². The van der Waals surface area contributed by atoms with Gasteiger partial charge in [-0.2, -0.15) is 0 Å². The van der Waals surface area contributed by atoms with Crippen molar-refractivity contribution in [2.24, 2.45) is 0 Å². The SMILES string of the molecule is O=C(C=Cc1ccc(F)cc1)OCc1cc(=O)n2ccsc2n1. The van der Waals surface area contributed by atoms with Gasteiger partial charge in [0.2, 0.25) is 0 Å². The Bertz CT molecular complexity index is 928. The number of hydrogen-bond acceptors (Lipinski definition) is 5. The van der Waals surface area contributed by atoms with Gasteiger partial charge in [0.1, 0.15) is 12.4 Å². The predicted octanol–water partition coefficient (Wildman–Crippen LogP) is 2.65. The lowest BCUT2D eigenvalue weighted by atomic mass is 10.2. The Balaban J connectivity index is 1.63. The van der Waals surface area contributed by atoms with Crippen LogP contribution in [0.3, 0.4) is 0 Å². The molecule has 116 valence electrons. The Hall–Kier alpha value is -2.80. The first kappa shape index (κ1) is 15.1. The fourth-order valence-corrected chi connectivity index (χ4v) is 2.63. The van der Waals surface area contributed by atoms with E-state index in [9.17, 15) is 14.0 Å².